The molecule has 1 N–H and O–H groups in total. The van der Waals surface area contributed by atoms with Crippen LogP contribution in [0.1, 0.15) is 16.2 Å². The van der Waals surface area contributed by atoms with Gasteiger partial charge in [-0.15, -0.1) is 10.2 Å². The van der Waals surface area contributed by atoms with Gasteiger partial charge in [0.25, 0.3) is 11.8 Å². The van der Waals surface area contributed by atoms with Gasteiger partial charge in [-0.25, -0.2) is 0 Å². The van der Waals surface area contributed by atoms with Crippen LogP contribution in [0.2, 0.25) is 5.02 Å². The van der Waals surface area contributed by atoms with Crippen LogP contribution in [0.4, 0.5) is 0 Å². The molecule has 1 heterocycles. The minimum atomic E-state index is -0.202. The molecule has 6 nitrogen and oxygen atoms in total. The minimum Gasteiger partial charge on any atom is -0.496 e. The number of hydrogen-bond donors (Lipinski definition) is 1. The molecular weight excluding hydrogens is 342 g/mol. The van der Waals surface area contributed by atoms with Crippen LogP contribution < -0.4 is 10.1 Å². The van der Waals surface area contributed by atoms with E-state index in [4.69, 9.17) is 20.8 Å². The van der Waals surface area contributed by atoms with Gasteiger partial charge in [0, 0.05) is 23.6 Å². The van der Waals surface area contributed by atoms with Crippen LogP contribution in [0.25, 0.3) is 11.5 Å². The van der Waals surface area contributed by atoms with Gasteiger partial charge in [0.1, 0.15) is 5.75 Å². The number of methoxy groups -OCH3 is 1. The maximum Gasteiger partial charge on any atom is 0.251 e. The second-order valence-electron chi connectivity index (χ2n) is 5.22. The molecule has 7 heteroatoms. The summed E-state index contributed by atoms with van der Waals surface area (Å²) in [6, 6.07) is 14.2. The molecule has 2 aromatic carbocycles. The number of nitrogens with one attached hydrogen (secondary N) is 1. The summed E-state index contributed by atoms with van der Waals surface area (Å²) in [5.74, 6) is 1.28. The van der Waals surface area contributed by atoms with Gasteiger partial charge in [-0.3, -0.25) is 4.79 Å². The Balaban J connectivity index is 1.60. The van der Waals surface area contributed by atoms with Gasteiger partial charge < -0.3 is 14.5 Å². The minimum absolute atomic E-state index is 0.202. The zero-order valence-electron chi connectivity index (χ0n) is 13.5. The Bertz CT molecular complexity index is 879. The number of rotatable bonds is 6. The van der Waals surface area contributed by atoms with E-state index >= 15 is 0 Å². The van der Waals surface area contributed by atoms with Gasteiger partial charge >= 0.3 is 0 Å². The predicted octanol–water partition coefficient (Wildman–Crippen LogP) is 3.37. The van der Waals surface area contributed by atoms with Crippen LogP contribution in [0.3, 0.4) is 0 Å². The van der Waals surface area contributed by atoms with Crippen LogP contribution in [0, 0.1) is 0 Å². The van der Waals surface area contributed by atoms with Crippen molar-refractivity contribution in [3.8, 4) is 17.2 Å². The first-order valence-electron chi connectivity index (χ1n) is 7.67. The maximum absolute atomic E-state index is 12.0. The molecule has 0 aliphatic rings. The number of halogens is 1. The molecule has 128 valence electrons. The number of benzene rings is 2. The second-order valence-corrected chi connectivity index (χ2v) is 5.65. The highest BCUT2D eigenvalue weighted by Crippen LogP contribution is 2.28. The van der Waals surface area contributed by atoms with Crippen molar-refractivity contribution in [2.24, 2.45) is 0 Å². The van der Waals surface area contributed by atoms with Crippen molar-refractivity contribution in [2.75, 3.05) is 13.7 Å². The molecule has 3 aromatic rings. The average Bonchev–Trinajstić information content (AvgIpc) is 3.10. The van der Waals surface area contributed by atoms with E-state index in [9.17, 15) is 4.79 Å². The Hall–Kier alpha value is -2.86. The maximum atomic E-state index is 12.0. The summed E-state index contributed by atoms with van der Waals surface area (Å²) in [5.41, 5.74) is 1.24. The highest BCUT2D eigenvalue weighted by Gasteiger charge is 2.13. The fourth-order valence-electron chi connectivity index (χ4n) is 2.30. The van der Waals surface area contributed by atoms with Gasteiger partial charge in [0.15, 0.2) is 0 Å². The Kier molecular flexibility index (Phi) is 5.30. The molecule has 0 fully saturated rings. The molecule has 0 unspecified atom stereocenters. The van der Waals surface area contributed by atoms with Gasteiger partial charge in [-0.2, -0.15) is 0 Å². The molecule has 1 amide bonds. The summed E-state index contributed by atoms with van der Waals surface area (Å²) in [5, 5.41) is 11.4. The van der Waals surface area contributed by atoms with Crippen molar-refractivity contribution in [3.63, 3.8) is 0 Å². The number of para-hydroxylation sites is 1. The molecule has 0 saturated heterocycles. The molecular formula is C18H16ClN3O3. The fraction of sp³-hybridized carbons (Fsp3) is 0.167. The van der Waals surface area contributed by atoms with Crippen molar-refractivity contribution in [1.82, 2.24) is 15.5 Å². The van der Waals surface area contributed by atoms with Crippen LogP contribution in [-0.2, 0) is 6.42 Å². The number of aromatic nitrogens is 2. The van der Waals surface area contributed by atoms with E-state index in [2.05, 4.69) is 15.5 Å². The monoisotopic (exact) mass is 357 g/mol. The fourth-order valence-corrected chi connectivity index (χ4v) is 2.49. The smallest absolute Gasteiger partial charge is 0.251 e. The third kappa shape index (κ3) is 4.16. The van der Waals surface area contributed by atoms with Crippen molar-refractivity contribution in [3.05, 3.63) is 65.0 Å². The average molecular weight is 358 g/mol. The highest BCUT2D eigenvalue weighted by atomic mass is 35.5. The van der Waals surface area contributed by atoms with Gasteiger partial charge in [0.05, 0.1) is 12.7 Å². The van der Waals surface area contributed by atoms with Gasteiger partial charge in [-0.05, 0) is 30.3 Å². The zero-order chi connectivity index (χ0) is 17.6. The molecule has 0 saturated carbocycles. The highest BCUT2D eigenvalue weighted by molar-refractivity contribution is 6.30. The van der Waals surface area contributed by atoms with Crippen molar-refractivity contribution in [2.45, 2.75) is 6.42 Å². The van der Waals surface area contributed by atoms with E-state index < -0.39 is 0 Å². The lowest BCUT2D eigenvalue weighted by molar-refractivity contribution is 0.0953. The second kappa shape index (κ2) is 7.81. The van der Waals surface area contributed by atoms with E-state index in [-0.39, 0.29) is 5.91 Å². The molecule has 0 bridgehead atoms. The van der Waals surface area contributed by atoms with Crippen molar-refractivity contribution in [1.29, 1.82) is 0 Å². The van der Waals surface area contributed by atoms with E-state index in [1.807, 2.05) is 24.3 Å². The number of ether oxygens (including phenoxy) is 1. The van der Waals surface area contributed by atoms with E-state index in [1.165, 1.54) is 0 Å². The Morgan fingerprint density at radius 2 is 2.04 bits per heavy atom. The number of carbonyl (C=O) groups excluding carboxylic acids is 1. The summed E-state index contributed by atoms with van der Waals surface area (Å²) < 4.78 is 10.9. The van der Waals surface area contributed by atoms with Crippen LogP contribution in [-0.4, -0.2) is 29.8 Å². The molecule has 0 spiro atoms. The molecule has 1 aromatic heterocycles. The SMILES string of the molecule is COc1ccccc1-c1nnc(CCNC(=O)c2cccc(Cl)c2)o1. The van der Waals surface area contributed by atoms with Crippen molar-refractivity contribution < 1.29 is 13.9 Å². The zero-order valence-corrected chi connectivity index (χ0v) is 14.3. The Morgan fingerprint density at radius 1 is 1.20 bits per heavy atom. The first-order valence-corrected chi connectivity index (χ1v) is 8.04. The lowest BCUT2D eigenvalue weighted by atomic mass is 10.2. The lowest BCUT2D eigenvalue weighted by Gasteiger charge is -2.04. The molecule has 0 aliphatic heterocycles. The third-order valence-electron chi connectivity index (χ3n) is 3.52. The summed E-state index contributed by atoms with van der Waals surface area (Å²) >= 11 is 5.88. The largest absolute Gasteiger partial charge is 0.496 e. The van der Waals surface area contributed by atoms with Crippen LogP contribution in [0.5, 0.6) is 5.75 Å². The first kappa shape index (κ1) is 17.0. The molecule has 0 atom stereocenters. The third-order valence-corrected chi connectivity index (χ3v) is 3.75. The summed E-state index contributed by atoms with van der Waals surface area (Å²) in [7, 11) is 1.58. The Morgan fingerprint density at radius 3 is 2.84 bits per heavy atom. The number of amides is 1. The number of nitrogens with zero attached hydrogens (tertiary/aromatic N) is 2. The molecule has 0 radical (unpaired) electrons. The lowest BCUT2D eigenvalue weighted by Crippen LogP contribution is -2.25. The van der Waals surface area contributed by atoms with Crippen molar-refractivity contribution >= 4 is 17.5 Å². The van der Waals surface area contributed by atoms with Crippen LogP contribution in [0.15, 0.2) is 52.9 Å². The summed E-state index contributed by atoms with van der Waals surface area (Å²) in [6.07, 6.45) is 0.425. The quantitative estimate of drug-likeness (QED) is 0.731. The Labute approximate surface area is 149 Å². The summed E-state index contributed by atoms with van der Waals surface area (Å²) in [6.45, 7) is 0.374. The first-order chi connectivity index (χ1) is 12.2. The topological polar surface area (TPSA) is 77.3 Å². The summed E-state index contributed by atoms with van der Waals surface area (Å²) in [4.78, 5) is 12.0. The normalized spacial score (nSPS) is 10.5. The van der Waals surface area contributed by atoms with Crippen LogP contribution >= 0.6 is 11.6 Å². The van der Waals surface area contributed by atoms with Gasteiger partial charge in [-0.1, -0.05) is 29.8 Å². The molecule has 3 rings (SSSR count). The number of carbonyl (C=O) groups is 1. The van der Waals surface area contributed by atoms with E-state index in [1.54, 1.807) is 31.4 Å². The molecule has 0 aliphatic carbocycles. The van der Waals surface area contributed by atoms with Gasteiger partial charge in [0.2, 0.25) is 5.89 Å². The molecule has 25 heavy (non-hydrogen) atoms. The van der Waals surface area contributed by atoms with E-state index in [0.717, 1.165) is 5.56 Å². The van der Waals surface area contributed by atoms with E-state index in [0.29, 0.717) is 41.1 Å². The number of hydrogen-bond acceptors (Lipinski definition) is 5. The predicted molar refractivity (Wildman–Crippen MR) is 93.8 cm³/mol. The standard InChI is InChI=1S/C18H16ClN3O3/c1-24-15-8-3-2-7-14(15)18-22-21-16(25-18)9-10-20-17(23)12-5-4-6-13(19)11-12/h2-8,11H,9-10H2,1H3,(H,20,23).